The Bertz CT molecular complexity index is 519. The Kier molecular flexibility index (Phi) is 4.01. The average Bonchev–Trinajstić information content (AvgIpc) is 2.39. The van der Waals surface area contributed by atoms with Crippen LogP contribution >= 0.6 is 0 Å². The smallest absolute Gasteiger partial charge is 0.0702 e. The van der Waals surface area contributed by atoms with Gasteiger partial charge in [0, 0.05) is 11.8 Å². The van der Waals surface area contributed by atoms with E-state index in [-0.39, 0.29) is 5.41 Å². The van der Waals surface area contributed by atoms with Crippen molar-refractivity contribution in [3.63, 3.8) is 0 Å². The van der Waals surface area contributed by atoms with Crippen LogP contribution in [0.3, 0.4) is 0 Å². The van der Waals surface area contributed by atoms with E-state index in [1.807, 2.05) is 6.20 Å². The molecule has 1 heterocycles. The number of aromatic nitrogens is 1. The van der Waals surface area contributed by atoms with Gasteiger partial charge >= 0.3 is 0 Å². The number of benzene rings is 1. The quantitative estimate of drug-likeness (QED) is 0.909. The van der Waals surface area contributed by atoms with E-state index >= 15 is 0 Å². The zero-order valence-corrected chi connectivity index (χ0v) is 12.0. The Hall–Kier alpha value is -1.67. The highest BCUT2D eigenvalue weighted by atomic mass is 14.7. The Morgan fingerprint density at radius 1 is 1.00 bits per heavy atom. The highest BCUT2D eigenvalue weighted by molar-refractivity contribution is 5.59. The number of hydrogen-bond acceptors (Lipinski definition) is 2. The summed E-state index contributed by atoms with van der Waals surface area (Å²) in [4.78, 5) is 4.50. The van der Waals surface area contributed by atoms with Gasteiger partial charge in [0.05, 0.1) is 5.69 Å². The van der Waals surface area contributed by atoms with Crippen molar-refractivity contribution >= 4 is 0 Å². The van der Waals surface area contributed by atoms with Crippen LogP contribution in [-0.2, 0) is 11.8 Å². The fraction of sp³-hybridized carbons (Fsp3) is 0.353. The summed E-state index contributed by atoms with van der Waals surface area (Å²) < 4.78 is 0. The summed E-state index contributed by atoms with van der Waals surface area (Å²) in [7, 11) is 0. The van der Waals surface area contributed by atoms with Crippen LogP contribution in [-0.4, -0.2) is 11.5 Å². The molecule has 2 aromatic rings. The van der Waals surface area contributed by atoms with Crippen molar-refractivity contribution in [2.75, 3.05) is 6.54 Å². The van der Waals surface area contributed by atoms with Gasteiger partial charge in [0.15, 0.2) is 0 Å². The summed E-state index contributed by atoms with van der Waals surface area (Å²) in [5.74, 6) is 0. The summed E-state index contributed by atoms with van der Waals surface area (Å²) in [6.45, 7) is 7.34. The van der Waals surface area contributed by atoms with Crippen molar-refractivity contribution in [2.24, 2.45) is 5.73 Å². The number of hydrogen-bond donors (Lipinski definition) is 1. The molecule has 0 amide bonds. The van der Waals surface area contributed by atoms with Gasteiger partial charge in [-0.05, 0) is 35.6 Å². The third kappa shape index (κ3) is 3.42. The highest BCUT2D eigenvalue weighted by Crippen LogP contribution is 2.25. The van der Waals surface area contributed by atoms with Gasteiger partial charge in [-0.3, -0.25) is 4.98 Å². The Morgan fingerprint density at radius 2 is 1.68 bits per heavy atom. The first-order valence-corrected chi connectivity index (χ1v) is 6.76. The molecule has 0 aliphatic carbocycles. The molecule has 0 unspecified atom stereocenters. The fourth-order valence-electron chi connectivity index (χ4n) is 2.05. The van der Waals surface area contributed by atoms with Crippen LogP contribution < -0.4 is 5.73 Å². The van der Waals surface area contributed by atoms with Crippen molar-refractivity contribution in [2.45, 2.75) is 32.6 Å². The molecule has 0 saturated carbocycles. The number of nitrogens with two attached hydrogens (primary N) is 1. The van der Waals surface area contributed by atoms with Crippen LogP contribution in [0.1, 0.15) is 31.9 Å². The van der Waals surface area contributed by atoms with Gasteiger partial charge < -0.3 is 5.73 Å². The summed E-state index contributed by atoms with van der Waals surface area (Å²) in [6.07, 6.45) is 2.80. The van der Waals surface area contributed by atoms with E-state index in [0.29, 0.717) is 6.54 Å². The van der Waals surface area contributed by atoms with E-state index in [1.165, 1.54) is 11.1 Å². The van der Waals surface area contributed by atoms with Gasteiger partial charge in [-0.2, -0.15) is 0 Å². The van der Waals surface area contributed by atoms with Crippen LogP contribution in [0.15, 0.2) is 42.6 Å². The lowest BCUT2D eigenvalue weighted by molar-refractivity contribution is 0.590. The molecule has 0 bridgehead atoms. The predicted molar refractivity (Wildman–Crippen MR) is 81.1 cm³/mol. The highest BCUT2D eigenvalue weighted by Gasteiger charge is 2.13. The summed E-state index contributed by atoms with van der Waals surface area (Å²) in [6, 6.07) is 12.8. The SMILES string of the molecule is CC(C)(C)c1ccc(-c2ccc(CCN)cn2)cc1. The van der Waals surface area contributed by atoms with Gasteiger partial charge in [0.25, 0.3) is 0 Å². The van der Waals surface area contributed by atoms with Crippen LogP contribution in [0.25, 0.3) is 11.3 Å². The van der Waals surface area contributed by atoms with Crippen molar-refractivity contribution < 1.29 is 0 Å². The second-order valence-corrected chi connectivity index (χ2v) is 5.92. The molecule has 2 rings (SSSR count). The molecule has 19 heavy (non-hydrogen) atoms. The third-order valence-electron chi connectivity index (χ3n) is 3.30. The minimum Gasteiger partial charge on any atom is -0.330 e. The summed E-state index contributed by atoms with van der Waals surface area (Å²) in [5.41, 5.74) is 10.4. The lowest BCUT2D eigenvalue weighted by Gasteiger charge is -2.19. The molecule has 0 radical (unpaired) electrons. The molecule has 1 aromatic heterocycles. The van der Waals surface area contributed by atoms with E-state index in [0.717, 1.165) is 17.7 Å². The molecular weight excluding hydrogens is 232 g/mol. The largest absolute Gasteiger partial charge is 0.330 e. The van der Waals surface area contributed by atoms with Crippen molar-refractivity contribution in [3.05, 3.63) is 53.7 Å². The van der Waals surface area contributed by atoms with Crippen molar-refractivity contribution in [3.8, 4) is 11.3 Å². The van der Waals surface area contributed by atoms with Crippen molar-refractivity contribution in [1.29, 1.82) is 0 Å². The zero-order chi connectivity index (χ0) is 13.9. The molecule has 2 N–H and O–H groups in total. The Balaban J connectivity index is 2.22. The van der Waals surface area contributed by atoms with E-state index < -0.39 is 0 Å². The number of rotatable bonds is 3. The van der Waals surface area contributed by atoms with Crippen LogP contribution in [0.2, 0.25) is 0 Å². The third-order valence-corrected chi connectivity index (χ3v) is 3.30. The second kappa shape index (κ2) is 5.54. The average molecular weight is 254 g/mol. The maximum Gasteiger partial charge on any atom is 0.0702 e. The molecule has 0 spiro atoms. The molecule has 0 aliphatic heterocycles. The maximum atomic E-state index is 5.54. The monoisotopic (exact) mass is 254 g/mol. The van der Waals surface area contributed by atoms with Gasteiger partial charge in [0.1, 0.15) is 0 Å². The second-order valence-electron chi connectivity index (χ2n) is 5.92. The molecule has 0 atom stereocenters. The van der Waals surface area contributed by atoms with E-state index in [1.54, 1.807) is 0 Å². The molecule has 2 nitrogen and oxygen atoms in total. The number of nitrogens with zero attached hydrogens (tertiary/aromatic N) is 1. The Labute approximate surface area is 115 Å². The molecule has 0 aliphatic rings. The molecule has 1 aromatic carbocycles. The molecular formula is C17H22N2. The summed E-state index contributed by atoms with van der Waals surface area (Å²) in [5, 5.41) is 0. The fourth-order valence-corrected chi connectivity index (χ4v) is 2.05. The van der Waals surface area contributed by atoms with Crippen molar-refractivity contribution in [1.82, 2.24) is 4.98 Å². The first-order valence-electron chi connectivity index (χ1n) is 6.76. The van der Waals surface area contributed by atoms with Crippen LogP contribution in [0.4, 0.5) is 0 Å². The standard InChI is InChI=1S/C17H22N2/c1-17(2,3)15-7-5-14(6-8-15)16-9-4-13(10-11-18)12-19-16/h4-9,12H,10-11,18H2,1-3H3. The van der Waals surface area contributed by atoms with E-state index in [4.69, 9.17) is 5.73 Å². The van der Waals surface area contributed by atoms with Crippen LogP contribution in [0.5, 0.6) is 0 Å². The molecule has 0 fully saturated rings. The maximum absolute atomic E-state index is 5.54. The lowest BCUT2D eigenvalue weighted by atomic mass is 9.86. The predicted octanol–water partition coefficient (Wildman–Crippen LogP) is 3.55. The molecule has 100 valence electrons. The van der Waals surface area contributed by atoms with E-state index in [9.17, 15) is 0 Å². The lowest BCUT2D eigenvalue weighted by Crippen LogP contribution is -2.10. The normalized spacial score (nSPS) is 11.6. The van der Waals surface area contributed by atoms with Crippen LogP contribution in [0, 0.1) is 0 Å². The van der Waals surface area contributed by atoms with Gasteiger partial charge in [-0.15, -0.1) is 0 Å². The van der Waals surface area contributed by atoms with Gasteiger partial charge in [-0.25, -0.2) is 0 Å². The Morgan fingerprint density at radius 3 is 2.16 bits per heavy atom. The van der Waals surface area contributed by atoms with E-state index in [2.05, 4.69) is 62.2 Å². The molecule has 0 saturated heterocycles. The number of pyridine rings is 1. The summed E-state index contributed by atoms with van der Waals surface area (Å²) >= 11 is 0. The zero-order valence-electron chi connectivity index (χ0n) is 12.0. The topological polar surface area (TPSA) is 38.9 Å². The first-order chi connectivity index (χ1) is 9.00. The first kappa shape index (κ1) is 13.8. The van der Waals surface area contributed by atoms with Gasteiger partial charge in [0.2, 0.25) is 0 Å². The minimum atomic E-state index is 0.191. The minimum absolute atomic E-state index is 0.191. The van der Waals surface area contributed by atoms with Gasteiger partial charge in [-0.1, -0.05) is 51.1 Å². The molecule has 2 heteroatoms.